The first kappa shape index (κ1) is 35.1. The molecule has 0 radical (unpaired) electrons. The van der Waals surface area contributed by atoms with Crippen molar-refractivity contribution in [3.05, 3.63) is 35.6 Å². The fraction of sp³-hybridized carbons (Fsp3) is 0.727. The van der Waals surface area contributed by atoms with E-state index in [1.807, 2.05) is 25.7 Å². The highest BCUT2D eigenvalue weighted by Gasteiger charge is 2.49. The highest BCUT2D eigenvalue weighted by Crippen LogP contribution is 2.46. The quantitative estimate of drug-likeness (QED) is 0.404. The van der Waals surface area contributed by atoms with Crippen LogP contribution in [-0.4, -0.2) is 78.0 Å². The Hall–Kier alpha value is -2.39. The van der Waals surface area contributed by atoms with Crippen LogP contribution < -0.4 is 16.0 Å². The number of halogens is 2. The van der Waals surface area contributed by atoms with Gasteiger partial charge in [-0.1, -0.05) is 45.2 Å². The molecule has 4 rings (SSSR count). The van der Waals surface area contributed by atoms with Gasteiger partial charge < -0.3 is 25.8 Å². The highest BCUT2D eigenvalue weighted by atomic mass is 35.5. The average molecular weight is 622 g/mol. The molecule has 0 spiro atoms. The number of hydrogen-bond acceptors (Lipinski definition) is 4. The third kappa shape index (κ3) is 9.07. The molecular formula is C33H53ClFN5O3. The molecule has 43 heavy (non-hydrogen) atoms. The summed E-state index contributed by atoms with van der Waals surface area (Å²) in [4.78, 5) is 44.9. The van der Waals surface area contributed by atoms with Gasteiger partial charge in [0.2, 0.25) is 11.8 Å². The number of piperidine rings is 1. The van der Waals surface area contributed by atoms with E-state index in [0.29, 0.717) is 57.4 Å². The minimum absolute atomic E-state index is 0. The standard InChI is InChI=1S/C33H52FN5O3.ClH/c1-23(2)28-22-39(20-17-35-28)31(42)36-27(21-24-11-13-26(34)14-12-24)29(40)38-18-15-33(16-19-38,25-9-7-6-8-10-25)30(41)37-32(3,4)5;/h11-14,23,25,27-28,35H,6-10,15-22H2,1-5H3,(H,36,42)(H,37,41);1H/t27?,28-;/m0./s1. The first-order valence-corrected chi connectivity index (χ1v) is 16.0. The third-order valence-electron chi connectivity index (χ3n) is 9.54. The lowest BCUT2D eigenvalue weighted by atomic mass is 9.63. The predicted octanol–water partition coefficient (Wildman–Crippen LogP) is 4.90. The Bertz CT molecular complexity index is 1080. The lowest BCUT2D eigenvalue weighted by molar-refractivity contribution is -0.147. The number of nitrogens with zero attached hydrogens (tertiary/aromatic N) is 2. The zero-order valence-electron chi connectivity index (χ0n) is 26.7. The summed E-state index contributed by atoms with van der Waals surface area (Å²) in [5.74, 6) is 0.336. The zero-order chi connectivity index (χ0) is 30.5. The summed E-state index contributed by atoms with van der Waals surface area (Å²) in [7, 11) is 0. The summed E-state index contributed by atoms with van der Waals surface area (Å²) >= 11 is 0. The lowest BCUT2D eigenvalue weighted by Crippen LogP contribution is -2.61. The highest BCUT2D eigenvalue weighted by molar-refractivity contribution is 5.88. The number of piperazine rings is 1. The molecule has 2 atom stereocenters. The van der Waals surface area contributed by atoms with E-state index in [2.05, 4.69) is 29.8 Å². The van der Waals surface area contributed by atoms with Crippen LogP contribution in [-0.2, 0) is 16.0 Å². The Morgan fingerprint density at radius 3 is 2.21 bits per heavy atom. The molecule has 3 aliphatic rings. The van der Waals surface area contributed by atoms with Crippen molar-refractivity contribution in [2.75, 3.05) is 32.7 Å². The van der Waals surface area contributed by atoms with Gasteiger partial charge in [-0.15, -0.1) is 12.4 Å². The minimum atomic E-state index is -0.777. The second kappa shape index (κ2) is 15.1. The number of likely N-dealkylation sites (tertiary alicyclic amines) is 1. The molecule has 0 aromatic heterocycles. The van der Waals surface area contributed by atoms with Crippen LogP contribution in [0.15, 0.2) is 24.3 Å². The largest absolute Gasteiger partial charge is 0.351 e. The van der Waals surface area contributed by atoms with Crippen molar-refractivity contribution in [1.29, 1.82) is 0 Å². The maximum Gasteiger partial charge on any atom is 0.318 e. The van der Waals surface area contributed by atoms with E-state index in [0.717, 1.165) is 31.2 Å². The molecule has 1 aromatic carbocycles. The van der Waals surface area contributed by atoms with Crippen LogP contribution in [0, 0.1) is 23.1 Å². The molecule has 0 bridgehead atoms. The van der Waals surface area contributed by atoms with Gasteiger partial charge in [0.25, 0.3) is 0 Å². The second-order valence-corrected chi connectivity index (χ2v) is 14.1. The average Bonchev–Trinajstić information content (AvgIpc) is 2.97. The SMILES string of the molecule is CC(C)[C@@H]1CN(C(=O)NC(Cc2ccc(F)cc2)C(=O)N2CCC(C(=O)NC(C)(C)C)(C3CCCCC3)CC2)CCN1.Cl. The summed E-state index contributed by atoms with van der Waals surface area (Å²) in [6.07, 6.45) is 7.13. The summed E-state index contributed by atoms with van der Waals surface area (Å²) in [5, 5.41) is 9.77. The Morgan fingerprint density at radius 2 is 1.63 bits per heavy atom. The summed E-state index contributed by atoms with van der Waals surface area (Å²) < 4.78 is 13.6. The molecular weight excluding hydrogens is 569 g/mol. The molecule has 2 saturated heterocycles. The van der Waals surface area contributed by atoms with Crippen LogP contribution in [0.1, 0.15) is 85.1 Å². The van der Waals surface area contributed by atoms with Gasteiger partial charge in [0.05, 0.1) is 5.41 Å². The van der Waals surface area contributed by atoms with Crippen LogP contribution in [0.25, 0.3) is 0 Å². The molecule has 10 heteroatoms. The third-order valence-corrected chi connectivity index (χ3v) is 9.54. The van der Waals surface area contributed by atoms with E-state index < -0.39 is 11.5 Å². The van der Waals surface area contributed by atoms with Crippen LogP contribution in [0.2, 0.25) is 0 Å². The number of carbonyl (C=O) groups is 3. The first-order valence-electron chi connectivity index (χ1n) is 16.0. The van der Waals surface area contributed by atoms with Gasteiger partial charge in [-0.3, -0.25) is 9.59 Å². The van der Waals surface area contributed by atoms with E-state index in [9.17, 15) is 18.8 Å². The van der Waals surface area contributed by atoms with Gasteiger partial charge in [0.1, 0.15) is 11.9 Å². The molecule has 1 aliphatic carbocycles. The molecule has 2 heterocycles. The molecule has 2 aliphatic heterocycles. The van der Waals surface area contributed by atoms with Crippen LogP contribution in [0.3, 0.4) is 0 Å². The summed E-state index contributed by atoms with van der Waals surface area (Å²) in [5.41, 5.74) is -0.0183. The van der Waals surface area contributed by atoms with Gasteiger partial charge >= 0.3 is 6.03 Å². The van der Waals surface area contributed by atoms with Crippen molar-refractivity contribution in [2.45, 2.75) is 104 Å². The molecule has 8 nitrogen and oxygen atoms in total. The van der Waals surface area contributed by atoms with Gasteiger partial charge in [0, 0.05) is 50.7 Å². The second-order valence-electron chi connectivity index (χ2n) is 14.1. The van der Waals surface area contributed by atoms with Crippen molar-refractivity contribution in [2.24, 2.45) is 17.3 Å². The van der Waals surface area contributed by atoms with Gasteiger partial charge in [-0.05, 0) is 76.0 Å². The van der Waals surface area contributed by atoms with E-state index in [4.69, 9.17) is 0 Å². The van der Waals surface area contributed by atoms with Gasteiger partial charge in [0.15, 0.2) is 0 Å². The Balaban J connectivity index is 0.00000506. The number of urea groups is 1. The number of benzene rings is 1. The summed E-state index contributed by atoms with van der Waals surface area (Å²) in [6.45, 7) is 13.1. The maximum atomic E-state index is 14.1. The van der Waals surface area contributed by atoms with Crippen molar-refractivity contribution < 1.29 is 18.8 Å². The van der Waals surface area contributed by atoms with Crippen molar-refractivity contribution in [3.8, 4) is 0 Å². The predicted molar refractivity (Wildman–Crippen MR) is 171 cm³/mol. The number of hydrogen-bond donors (Lipinski definition) is 3. The van der Waals surface area contributed by atoms with Crippen molar-refractivity contribution in [3.63, 3.8) is 0 Å². The fourth-order valence-corrected chi connectivity index (χ4v) is 6.99. The molecule has 1 saturated carbocycles. The summed E-state index contributed by atoms with van der Waals surface area (Å²) in [6, 6.07) is 5.28. The van der Waals surface area contributed by atoms with Crippen LogP contribution in [0.4, 0.5) is 9.18 Å². The van der Waals surface area contributed by atoms with E-state index in [1.54, 1.807) is 17.0 Å². The lowest BCUT2D eigenvalue weighted by Gasteiger charge is -2.48. The fourth-order valence-electron chi connectivity index (χ4n) is 6.99. The molecule has 3 N–H and O–H groups in total. The van der Waals surface area contributed by atoms with Crippen molar-refractivity contribution >= 4 is 30.3 Å². The number of rotatable bonds is 7. The van der Waals surface area contributed by atoms with Crippen molar-refractivity contribution in [1.82, 2.24) is 25.8 Å². The molecule has 3 fully saturated rings. The van der Waals surface area contributed by atoms with Crippen LogP contribution in [0.5, 0.6) is 0 Å². The van der Waals surface area contributed by atoms with E-state index in [-0.39, 0.29) is 54.1 Å². The van der Waals surface area contributed by atoms with Gasteiger partial charge in [-0.25, -0.2) is 9.18 Å². The van der Waals surface area contributed by atoms with Crippen LogP contribution >= 0.6 is 12.4 Å². The van der Waals surface area contributed by atoms with E-state index in [1.165, 1.54) is 18.6 Å². The monoisotopic (exact) mass is 621 g/mol. The zero-order valence-corrected chi connectivity index (χ0v) is 27.5. The number of amides is 4. The van der Waals surface area contributed by atoms with Gasteiger partial charge in [-0.2, -0.15) is 0 Å². The normalized spacial score (nSPS) is 22.0. The molecule has 4 amide bonds. The molecule has 242 valence electrons. The van der Waals surface area contributed by atoms with E-state index >= 15 is 0 Å². The minimum Gasteiger partial charge on any atom is -0.351 e. The first-order chi connectivity index (χ1) is 19.9. The number of carbonyl (C=O) groups excluding carboxylic acids is 3. The molecule has 1 aromatic rings. The topological polar surface area (TPSA) is 93.8 Å². The Kier molecular flexibility index (Phi) is 12.3. The Morgan fingerprint density at radius 1 is 1.00 bits per heavy atom. The smallest absolute Gasteiger partial charge is 0.318 e. The Labute approximate surface area is 263 Å². The maximum absolute atomic E-state index is 14.1. The molecule has 1 unspecified atom stereocenters. The number of nitrogens with one attached hydrogen (secondary N) is 3.